The first kappa shape index (κ1) is 10.4. The van der Waals surface area contributed by atoms with E-state index >= 15 is 0 Å². The smallest absolute Gasteiger partial charge is 0.545 e. The summed E-state index contributed by atoms with van der Waals surface area (Å²) in [7, 11) is 0. The normalized spacial score (nSPS) is 8.36. The van der Waals surface area contributed by atoms with Crippen LogP contribution in [0.1, 0.15) is 10.4 Å². The van der Waals surface area contributed by atoms with Gasteiger partial charge in [0.25, 0.3) is 0 Å². The van der Waals surface area contributed by atoms with Crippen LogP contribution in [0.3, 0.4) is 0 Å². The molecule has 0 aliphatic carbocycles. The fourth-order valence-corrected chi connectivity index (χ4v) is 0.683. The third kappa shape index (κ3) is 2.49. The number of hydrogen-bond donors (Lipinski definition) is 1. The summed E-state index contributed by atoms with van der Waals surface area (Å²) in [4.78, 5) is 10.2. The zero-order chi connectivity index (χ0) is 7.56. The minimum Gasteiger partial charge on any atom is -0.545 e. The number of carbonyl (C=O) groups excluding carboxylic acids is 1. The molecule has 0 aliphatic rings. The number of para-hydroxylation sites is 1. The summed E-state index contributed by atoms with van der Waals surface area (Å²) in [6, 6.07) is 6.19. The van der Waals surface area contributed by atoms with Gasteiger partial charge in [0.05, 0.1) is 5.97 Å². The predicted molar refractivity (Wildman–Crippen MR) is 35.2 cm³/mol. The van der Waals surface area contributed by atoms with Gasteiger partial charge in [0.1, 0.15) is 0 Å². The molecule has 1 aromatic carbocycles. The second-order valence-electron chi connectivity index (χ2n) is 1.87. The first-order valence-corrected chi connectivity index (χ1v) is 2.77. The average Bonchev–Trinajstić information content (AvgIpc) is 1.88. The van der Waals surface area contributed by atoms with Crippen LogP contribution in [0.2, 0.25) is 0 Å². The molecule has 0 amide bonds. The number of carboxylic acid groups (broad SMARTS) is 1. The number of carbonyl (C=O) groups is 1. The molecule has 0 aromatic heterocycles. The number of nitrogens with two attached hydrogens (primary N) is 1. The van der Waals surface area contributed by atoms with Crippen molar-refractivity contribution in [2.24, 2.45) is 0 Å². The maximum atomic E-state index is 10.2. The van der Waals surface area contributed by atoms with Gasteiger partial charge < -0.3 is 15.6 Å². The summed E-state index contributed by atoms with van der Waals surface area (Å²) in [5.41, 5.74) is 5.58. The van der Waals surface area contributed by atoms with E-state index in [9.17, 15) is 9.90 Å². The van der Waals surface area contributed by atoms with Crippen LogP contribution >= 0.6 is 0 Å². The molecule has 52 valence electrons. The van der Waals surface area contributed by atoms with Gasteiger partial charge in [-0.1, -0.05) is 18.2 Å². The molecule has 0 atom stereocenters. The first-order valence-electron chi connectivity index (χ1n) is 2.77. The van der Waals surface area contributed by atoms with Crippen molar-refractivity contribution in [3.05, 3.63) is 29.8 Å². The minimum absolute atomic E-state index is 0. The van der Waals surface area contributed by atoms with Crippen LogP contribution in [0.5, 0.6) is 0 Å². The van der Waals surface area contributed by atoms with Crippen LogP contribution in [0.25, 0.3) is 0 Å². The molecule has 2 N–H and O–H groups in total. The molecule has 0 saturated heterocycles. The molecule has 1 aromatic rings. The van der Waals surface area contributed by atoms with Gasteiger partial charge in [0.2, 0.25) is 0 Å². The molecule has 0 aliphatic heterocycles. The summed E-state index contributed by atoms with van der Waals surface area (Å²) in [5, 5.41) is 10.2. The summed E-state index contributed by atoms with van der Waals surface area (Å²) in [5.74, 6) is -1.24. The van der Waals surface area contributed by atoms with Crippen molar-refractivity contribution in [3.8, 4) is 0 Å². The minimum atomic E-state index is -1.24. The molecular formula is C7H6CdNO2+. The number of rotatable bonds is 1. The van der Waals surface area contributed by atoms with E-state index in [-0.39, 0.29) is 38.5 Å². The van der Waals surface area contributed by atoms with Gasteiger partial charge in [0, 0.05) is 11.3 Å². The summed E-state index contributed by atoms with van der Waals surface area (Å²) in [6.45, 7) is 0. The number of carboxylic acids is 1. The van der Waals surface area contributed by atoms with Crippen LogP contribution in [0, 0.1) is 0 Å². The molecule has 0 radical (unpaired) electrons. The van der Waals surface area contributed by atoms with Crippen molar-refractivity contribution < 1.29 is 37.2 Å². The fraction of sp³-hybridized carbons (Fsp3) is 0. The Balaban J connectivity index is 0.000001000. The van der Waals surface area contributed by atoms with Crippen LogP contribution in [0.4, 0.5) is 5.69 Å². The van der Waals surface area contributed by atoms with Gasteiger partial charge in [-0.05, 0) is 6.07 Å². The number of benzene rings is 1. The van der Waals surface area contributed by atoms with Gasteiger partial charge in [-0.2, -0.15) is 0 Å². The Morgan fingerprint density at radius 3 is 2.27 bits per heavy atom. The molecule has 4 heteroatoms. The number of nitrogen functional groups attached to an aromatic ring is 1. The van der Waals surface area contributed by atoms with Crippen molar-refractivity contribution >= 4 is 11.7 Å². The van der Waals surface area contributed by atoms with E-state index in [2.05, 4.69) is 0 Å². The summed E-state index contributed by atoms with van der Waals surface area (Å²) >= 11 is 0. The molecule has 0 spiro atoms. The van der Waals surface area contributed by atoms with Gasteiger partial charge in [-0.15, -0.1) is 0 Å². The molecule has 11 heavy (non-hydrogen) atoms. The second-order valence-corrected chi connectivity index (χ2v) is 1.87. The Hall–Kier alpha value is -0.588. The molecule has 0 heterocycles. The van der Waals surface area contributed by atoms with Crippen LogP contribution in [-0.4, -0.2) is 5.97 Å². The molecule has 1 rings (SSSR count). The van der Waals surface area contributed by atoms with E-state index in [1.165, 1.54) is 12.1 Å². The van der Waals surface area contributed by atoms with Gasteiger partial charge >= 0.3 is 27.3 Å². The zero-order valence-electron chi connectivity index (χ0n) is 5.91. The largest absolute Gasteiger partial charge is 2.00 e. The predicted octanol–water partition coefficient (Wildman–Crippen LogP) is -0.370. The van der Waals surface area contributed by atoms with Crippen LogP contribution < -0.4 is 10.8 Å². The Morgan fingerprint density at radius 1 is 1.36 bits per heavy atom. The summed E-state index contributed by atoms with van der Waals surface area (Å²) < 4.78 is 0. The fourth-order valence-electron chi connectivity index (χ4n) is 0.683. The summed E-state index contributed by atoms with van der Waals surface area (Å²) in [6.07, 6.45) is 0. The van der Waals surface area contributed by atoms with Crippen molar-refractivity contribution in [3.63, 3.8) is 0 Å². The molecule has 0 saturated carbocycles. The Bertz CT molecular complexity index is 262. The number of aromatic carboxylic acids is 1. The van der Waals surface area contributed by atoms with Crippen molar-refractivity contribution in [2.45, 2.75) is 0 Å². The van der Waals surface area contributed by atoms with E-state index in [0.29, 0.717) is 0 Å². The van der Waals surface area contributed by atoms with Crippen molar-refractivity contribution in [1.82, 2.24) is 0 Å². The van der Waals surface area contributed by atoms with Crippen molar-refractivity contribution in [1.29, 1.82) is 0 Å². The number of hydrogen-bond acceptors (Lipinski definition) is 3. The van der Waals surface area contributed by atoms with Crippen LogP contribution in [-0.2, 0) is 27.3 Å². The number of anilines is 1. The maximum absolute atomic E-state index is 10.2. The monoisotopic (exact) mass is 250 g/mol. The first-order chi connectivity index (χ1) is 4.72. The van der Waals surface area contributed by atoms with E-state index in [4.69, 9.17) is 5.73 Å². The quantitative estimate of drug-likeness (QED) is 0.545. The van der Waals surface area contributed by atoms with Gasteiger partial charge in [0.15, 0.2) is 0 Å². The van der Waals surface area contributed by atoms with E-state index < -0.39 is 5.97 Å². The molecular weight excluding hydrogens is 242 g/mol. The Morgan fingerprint density at radius 2 is 1.91 bits per heavy atom. The van der Waals surface area contributed by atoms with E-state index in [0.717, 1.165) is 0 Å². The van der Waals surface area contributed by atoms with E-state index in [1.54, 1.807) is 12.1 Å². The standard InChI is InChI=1S/C7H7NO2.Cd/c8-6-4-2-1-3-5(6)7(9)10;/h1-4H,8H2,(H,9,10);/q;+2/p-1. The molecule has 0 bridgehead atoms. The average molecular weight is 249 g/mol. The Kier molecular flexibility index (Phi) is 4.09. The third-order valence-corrected chi connectivity index (χ3v) is 1.18. The van der Waals surface area contributed by atoms with Crippen molar-refractivity contribution in [2.75, 3.05) is 5.73 Å². The molecule has 3 nitrogen and oxygen atoms in total. The topological polar surface area (TPSA) is 66.2 Å². The van der Waals surface area contributed by atoms with Gasteiger partial charge in [-0.25, -0.2) is 0 Å². The zero-order valence-corrected chi connectivity index (χ0v) is 9.95. The Labute approximate surface area is 84.4 Å². The SMILES string of the molecule is Nc1ccccc1C(=O)[O-].[Cd+2]. The maximum Gasteiger partial charge on any atom is 2.00 e. The molecule has 0 unspecified atom stereocenters. The third-order valence-electron chi connectivity index (χ3n) is 1.18. The van der Waals surface area contributed by atoms with E-state index in [1.807, 2.05) is 0 Å². The second kappa shape index (κ2) is 4.32. The van der Waals surface area contributed by atoms with Gasteiger partial charge in [-0.3, -0.25) is 0 Å². The molecule has 0 fully saturated rings. The van der Waals surface area contributed by atoms with Crippen LogP contribution in [0.15, 0.2) is 24.3 Å².